The van der Waals surface area contributed by atoms with E-state index in [0.29, 0.717) is 10.7 Å². The second kappa shape index (κ2) is 7.76. The molecule has 23 heavy (non-hydrogen) atoms. The smallest absolute Gasteiger partial charge is 0.316 e. The summed E-state index contributed by atoms with van der Waals surface area (Å²) in [5, 5.41) is 6.94. The van der Waals surface area contributed by atoms with E-state index in [1.165, 1.54) is 12.1 Å². The summed E-state index contributed by atoms with van der Waals surface area (Å²) in [6.07, 6.45) is 0. The van der Waals surface area contributed by atoms with Gasteiger partial charge in [0.25, 0.3) is 0 Å². The van der Waals surface area contributed by atoms with Gasteiger partial charge in [0.2, 0.25) is 0 Å². The van der Waals surface area contributed by atoms with Crippen molar-refractivity contribution in [3.8, 4) is 0 Å². The Morgan fingerprint density at radius 1 is 1.00 bits per heavy atom. The molecule has 0 heterocycles. The number of nitrogens with one attached hydrogen (secondary N) is 2. The highest BCUT2D eigenvalue weighted by Crippen LogP contribution is 2.25. The average Bonchev–Trinajstić information content (AvgIpc) is 2.56. The summed E-state index contributed by atoms with van der Waals surface area (Å²) < 4.78 is 0. The Bertz CT molecular complexity index is 761. The van der Waals surface area contributed by atoms with Crippen LogP contribution in [0.4, 0.5) is 5.69 Å². The van der Waals surface area contributed by atoms with Gasteiger partial charge in [-0.15, -0.1) is 0 Å². The van der Waals surface area contributed by atoms with E-state index < -0.39 is 11.8 Å². The topological polar surface area (TPSA) is 70.6 Å². The molecule has 0 radical (unpaired) electrons. The monoisotopic (exact) mass is 349 g/mol. The Kier molecular flexibility index (Phi) is 5.73. The minimum atomic E-state index is -0.906. The van der Waals surface area contributed by atoms with Gasteiger partial charge in [-0.05, 0) is 30.7 Å². The van der Waals surface area contributed by atoms with Crippen LogP contribution in [0.25, 0.3) is 0 Å². The van der Waals surface area contributed by atoms with Crippen molar-refractivity contribution in [1.29, 1.82) is 0 Å². The molecule has 0 aliphatic carbocycles. The van der Waals surface area contributed by atoms with Gasteiger partial charge in [-0.25, -0.2) is 5.43 Å². The largest absolute Gasteiger partial charge is 0.329 e. The Morgan fingerprint density at radius 2 is 1.70 bits per heavy atom. The maximum absolute atomic E-state index is 11.8. The van der Waals surface area contributed by atoms with Crippen molar-refractivity contribution in [3.63, 3.8) is 0 Å². The first-order valence-electron chi connectivity index (χ1n) is 6.63. The zero-order chi connectivity index (χ0) is 16.8. The van der Waals surface area contributed by atoms with Crippen LogP contribution in [0, 0.1) is 0 Å². The van der Waals surface area contributed by atoms with Crippen LogP contribution >= 0.6 is 23.2 Å². The molecule has 2 aromatic rings. The van der Waals surface area contributed by atoms with E-state index in [0.717, 1.165) is 5.56 Å². The van der Waals surface area contributed by atoms with Crippen LogP contribution < -0.4 is 10.7 Å². The van der Waals surface area contributed by atoms with Crippen molar-refractivity contribution in [3.05, 3.63) is 64.1 Å². The van der Waals surface area contributed by atoms with Crippen LogP contribution in [0.1, 0.15) is 12.5 Å². The quantitative estimate of drug-likeness (QED) is 0.506. The Morgan fingerprint density at radius 3 is 2.39 bits per heavy atom. The number of benzene rings is 2. The molecule has 0 aliphatic rings. The minimum Gasteiger partial charge on any atom is -0.316 e. The van der Waals surface area contributed by atoms with Gasteiger partial charge in [0.15, 0.2) is 0 Å². The minimum absolute atomic E-state index is 0.253. The fourth-order valence-electron chi connectivity index (χ4n) is 1.70. The fourth-order valence-corrected chi connectivity index (χ4v) is 2.04. The standard InChI is InChI=1S/C16H13Cl2N3O2/c1-10(11-5-3-2-4-6-11)20-21-16(23)15(22)19-14-9-12(17)7-8-13(14)18/h2-9H,1H3,(H,19,22)(H,21,23)/b20-10+. The molecular weight excluding hydrogens is 337 g/mol. The molecule has 0 saturated heterocycles. The Labute approximate surface area is 143 Å². The van der Waals surface area contributed by atoms with Crippen molar-refractivity contribution in [2.45, 2.75) is 6.92 Å². The fraction of sp³-hybridized carbons (Fsp3) is 0.0625. The molecule has 2 N–H and O–H groups in total. The van der Waals surface area contributed by atoms with Gasteiger partial charge in [-0.3, -0.25) is 9.59 Å². The average molecular weight is 350 g/mol. The predicted molar refractivity (Wildman–Crippen MR) is 91.9 cm³/mol. The second-order valence-corrected chi connectivity index (χ2v) is 5.43. The summed E-state index contributed by atoms with van der Waals surface area (Å²) >= 11 is 11.7. The van der Waals surface area contributed by atoms with Gasteiger partial charge >= 0.3 is 11.8 Å². The molecule has 5 nitrogen and oxygen atoms in total. The van der Waals surface area contributed by atoms with Crippen molar-refractivity contribution >= 4 is 46.4 Å². The van der Waals surface area contributed by atoms with E-state index in [2.05, 4.69) is 15.8 Å². The van der Waals surface area contributed by atoms with Gasteiger partial charge in [0.05, 0.1) is 16.4 Å². The molecule has 0 spiro atoms. The molecule has 2 aromatic carbocycles. The lowest BCUT2D eigenvalue weighted by Crippen LogP contribution is -2.33. The third-order valence-corrected chi connectivity index (χ3v) is 3.46. The summed E-state index contributed by atoms with van der Waals surface area (Å²) in [5.41, 5.74) is 3.86. The van der Waals surface area contributed by atoms with Crippen molar-refractivity contribution < 1.29 is 9.59 Å². The van der Waals surface area contributed by atoms with Crippen LogP contribution in [0.2, 0.25) is 10.0 Å². The summed E-state index contributed by atoms with van der Waals surface area (Å²) in [6, 6.07) is 13.8. The number of carbonyl (C=O) groups is 2. The summed E-state index contributed by atoms with van der Waals surface area (Å²) in [7, 11) is 0. The lowest BCUT2D eigenvalue weighted by atomic mass is 10.1. The van der Waals surface area contributed by atoms with Crippen LogP contribution in [-0.2, 0) is 9.59 Å². The number of nitrogens with zero attached hydrogens (tertiary/aromatic N) is 1. The lowest BCUT2D eigenvalue weighted by Gasteiger charge is -2.07. The molecule has 0 unspecified atom stereocenters. The number of carbonyl (C=O) groups excluding carboxylic acids is 2. The van der Waals surface area contributed by atoms with Crippen molar-refractivity contribution in [2.75, 3.05) is 5.32 Å². The second-order valence-electron chi connectivity index (χ2n) is 4.58. The highest BCUT2D eigenvalue weighted by atomic mass is 35.5. The molecular formula is C16H13Cl2N3O2. The Hall–Kier alpha value is -2.37. The number of anilines is 1. The van der Waals surface area contributed by atoms with Gasteiger partial charge in [-0.2, -0.15) is 5.10 Å². The van der Waals surface area contributed by atoms with E-state index in [1.807, 2.05) is 30.3 Å². The third-order valence-electron chi connectivity index (χ3n) is 2.90. The van der Waals surface area contributed by atoms with Crippen molar-refractivity contribution in [2.24, 2.45) is 5.10 Å². The van der Waals surface area contributed by atoms with Crippen LogP contribution in [0.5, 0.6) is 0 Å². The highest BCUT2D eigenvalue weighted by Gasteiger charge is 2.15. The van der Waals surface area contributed by atoms with E-state index in [1.54, 1.807) is 13.0 Å². The lowest BCUT2D eigenvalue weighted by molar-refractivity contribution is -0.136. The van der Waals surface area contributed by atoms with Gasteiger partial charge < -0.3 is 5.32 Å². The SMILES string of the molecule is C/C(=N\NC(=O)C(=O)Nc1cc(Cl)ccc1Cl)c1ccccc1. The molecule has 0 aromatic heterocycles. The maximum Gasteiger partial charge on any atom is 0.329 e. The number of rotatable bonds is 3. The predicted octanol–water partition coefficient (Wildman–Crippen LogP) is 3.47. The Balaban J connectivity index is 2.00. The first kappa shape index (κ1) is 17.0. The summed E-state index contributed by atoms with van der Waals surface area (Å²) in [6.45, 7) is 1.72. The first-order valence-corrected chi connectivity index (χ1v) is 7.39. The van der Waals surface area contributed by atoms with Gasteiger partial charge in [0.1, 0.15) is 0 Å². The molecule has 0 saturated carbocycles. The van der Waals surface area contributed by atoms with E-state index >= 15 is 0 Å². The highest BCUT2D eigenvalue weighted by molar-refractivity contribution is 6.42. The maximum atomic E-state index is 11.8. The molecule has 7 heteroatoms. The molecule has 0 aliphatic heterocycles. The van der Waals surface area contributed by atoms with E-state index in [9.17, 15) is 9.59 Å². The van der Waals surface area contributed by atoms with E-state index in [-0.39, 0.29) is 10.7 Å². The number of hydrogen-bond donors (Lipinski definition) is 2. The molecule has 0 atom stereocenters. The zero-order valence-corrected chi connectivity index (χ0v) is 13.7. The summed E-state index contributed by atoms with van der Waals surface area (Å²) in [4.78, 5) is 23.6. The van der Waals surface area contributed by atoms with Gasteiger partial charge in [0, 0.05) is 5.02 Å². The molecule has 2 rings (SSSR count). The number of hydrazone groups is 1. The van der Waals surface area contributed by atoms with Crippen molar-refractivity contribution in [1.82, 2.24) is 5.43 Å². The first-order chi connectivity index (χ1) is 11.0. The molecule has 0 fully saturated rings. The van der Waals surface area contributed by atoms with Crippen LogP contribution in [0.15, 0.2) is 53.6 Å². The number of amides is 2. The molecule has 2 amide bonds. The van der Waals surface area contributed by atoms with Gasteiger partial charge in [-0.1, -0.05) is 53.5 Å². The van der Waals surface area contributed by atoms with Crippen LogP contribution in [0.3, 0.4) is 0 Å². The van der Waals surface area contributed by atoms with Crippen LogP contribution in [-0.4, -0.2) is 17.5 Å². The molecule has 118 valence electrons. The number of halogens is 2. The summed E-state index contributed by atoms with van der Waals surface area (Å²) in [5.74, 6) is -1.80. The third kappa shape index (κ3) is 4.81. The zero-order valence-electron chi connectivity index (χ0n) is 12.1. The van der Waals surface area contributed by atoms with E-state index in [4.69, 9.17) is 23.2 Å². The number of hydrogen-bond acceptors (Lipinski definition) is 3. The molecule has 0 bridgehead atoms. The normalized spacial score (nSPS) is 11.0.